The highest BCUT2D eigenvalue weighted by Gasteiger charge is 2.31. The monoisotopic (exact) mass is 351 g/mol. The van der Waals surface area contributed by atoms with Crippen LogP contribution in [0.3, 0.4) is 0 Å². The predicted molar refractivity (Wildman–Crippen MR) is 102 cm³/mol. The smallest absolute Gasteiger partial charge is 0.194 e. The quantitative estimate of drug-likeness (QED) is 0.723. The van der Waals surface area contributed by atoms with Gasteiger partial charge in [-0.05, 0) is 62.6 Å². The Balaban J connectivity index is 1.67. The zero-order chi connectivity index (χ0) is 18.1. The van der Waals surface area contributed by atoms with Crippen LogP contribution in [0.15, 0.2) is 36.4 Å². The maximum absolute atomic E-state index is 12.9. The summed E-state index contributed by atoms with van der Waals surface area (Å²) in [7, 11) is 0. The van der Waals surface area contributed by atoms with Crippen molar-refractivity contribution < 1.29 is 14.3 Å². The number of nitrogens with one attached hydrogen (secondary N) is 1. The second-order valence-corrected chi connectivity index (χ2v) is 7.09. The number of fused-ring (bicyclic) bond motifs is 3. The van der Waals surface area contributed by atoms with Gasteiger partial charge in [0.1, 0.15) is 17.6 Å². The summed E-state index contributed by atoms with van der Waals surface area (Å²) in [4.78, 5) is 12.9. The molecular weight excluding hydrogens is 326 g/mol. The highest BCUT2D eigenvalue weighted by molar-refractivity contribution is 6.22. The Bertz CT molecular complexity index is 824. The first-order valence-corrected chi connectivity index (χ1v) is 9.54. The first-order chi connectivity index (χ1) is 12.7. The van der Waals surface area contributed by atoms with E-state index in [0.717, 1.165) is 47.6 Å². The van der Waals surface area contributed by atoms with Crippen molar-refractivity contribution in [2.45, 2.75) is 45.3 Å². The molecule has 0 radical (unpaired) electrons. The number of carbonyl (C=O) groups is 1. The summed E-state index contributed by atoms with van der Waals surface area (Å²) < 4.78 is 12.0. The second kappa shape index (κ2) is 7.12. The van der Waals surface area contributed by atoms with Crippen LogP contribution < -0.4 is 14.8 Å². The molecule has 4 rings (SSSR count). The van der Waals surface area contributed by atoms with Gasteiger partial charge in [-0.1, -0.05) is 19.1 Å². The minimum Gasteiger partial charge on any atom is -0.494 e. The van der Waals surface area contributed by atoms with Crippen LogP contribution in [-0.2, 0) is 0 Å². The summed E-state index contributed by atoms with van der Waals surface area (Å²) in [6, 6.07) is 11.9. The number of ether oxygens (including phenoxy) is 2. The fraction of sp³-hybridized carbons (Fsp3) is 0.409. The third-order valence-corrected chi connectivity index (χ3v) is 5.23. The Morgan fingerprint density at radius 1 is 1.19 bits per heavy atom. The van der Waals surface area contributed by atoms with Gasteiger partial charge in [0.05, 0.1) is 6.61 Å². The molecule has 4 nitrogen and oxygen atoms in total. The standard InChI is InChI=1S/C22H25NO3/c1-3-12-25-15-9-10-16-18(13-15)22(24)17-6-4-8-20(21(16)17)26-14(2)19-7-5-11-23-19/h4,6,8-10,13-14,19,23H,3,5,7,11-12H2,1-2H3. The fourth-order valence-electron chi connectivity index (χ4n) is 3.87. The lowest BCUT2D eigenvalue weighted by Crippen LogP contribution is -2.36. The fourth-order valence-corrected chi connectivity index (χ4v) is 3.87. The average Bonchev–Trinajstić information content (AvgIpc) is 3.28. The first-order valence-electron chi connectivity index (χ1n) is 9.54. The Kier molecular flexibility index (Phi) is 4.68. The van der Waals surface area contributed by atoms with Crippen molar-refractivity contribution in [3.05, 3.63) is 47.5 Å². The summed E-state index contributed by atoms with van der Waals surface area (Å²) in [5.74, 6) is 1.59. The predicted octanol–water partition coefficient (Wildman–Crippen LogP) is 4.21. The van der Waals surface area contributed by atoms with E-state index in [1.807, 2.05) is 36.4 Å². The number of rotatable bonds is 6. The average molecular weight is 351 g/mol. The van der Waals surface area contributed by atoms with Crippen LogP contribution in [0.25, 0.3) is 11.1 Å². The van der Waals surface area contributed by atoms with Gasteiger partial charge < -0.3 is 14.8 Å². The summed E-state index contributed by atoms with van der Waals surface area (Å²) in [5, 5.41) is 3.49. The molecule has 2 unspecified atom stereocenters. The van der Waals surface area contributed by atoms with Crippen molar-refractivity contribution in [1.29, 1.82) is 0 Å². The molecule has 1 aliphatic heterocycles. The molecule has 26 heavy (non-hydrogen) atoms. The van der Waals surface area contributed by atoms with Gasteiger partial charge in [0.2, 0.25) is 0 Å². The Hall–Kier alpha value is -2.33. The third-order valence-electron chi connectivity index (χ3n) is 5.23. The van der Waals surface area contributed by atoms with Gasteiger partial charge in [0.25, 0.3) is 0 Å². The summed E-state index contributed by atoms with van der Waals surface area (Å²) >= 11 is 0. The van der Waals surface area contributed by atoms with E-state index in [1.54, 1.807) is 0 Å². The van der Waals surface area contributed by atoms with E-state index in [2.05, 4.69) is 19.2 Å². The molecule has 0 spiro atoms. The highest BCUT2D eigenvalue weighted by atomic mass is 16.5. The van der Waals surface area contributed by atoms with Gasteiger partial charge in [0, 0.05) is 22.7 Å². The molecular formula is C22H25NO3. The van der Waals surface area contributed by atoms with Crippen LogP contribution in [0, 0.1) is 0 Å². The minimum absolute atomic E-state index is 0.0500. The number of hydrogen-bond donors (Lipinski definition) is 1. The number of hydrogen-bond acceptors (Lipinski definition) is 4. The number of ketones is 1. The zero-order valence-corrected chi connectivity index (χ0v) is 15.4. The largest absolute Gasteiger partial charge is 0.494 e. The van der Waals surface area contributed by atoms with Crippen molar-refractivity contribution >= 4 is 5.78 Å². The maximum Gasteiger partial charge on any atom is 0.194 e. The molecule has 1 N–H and O–H groups in total. The molecule has 0 amide bonds. The number of benzene rings is 2. The molecule has 0 aromatic heterocycles. The lowest BCUT2D eigenvalue weighted by molar-refractivity contribution is 0.104. The number of carbonyl (C=O) groups excluding carboxylic acids is 1. The SMILES string of the molecule is CCCOc1ccc2c(c1)C(=O)c1cccc(OC(C)C3CCCN3)c1-2. The van der Waals surface area contributed by atoms with Crippen molar-refractivity contribution in [3.63, 3.8) is 0 Å². The lowest BCUT2D eigenvalue weighted by Gasteiger charge is -2.22. The third kappa shape index (κ3) is 2.99. The van der Waals surface area contributed by atoms with Gasteiger partial charge in [-0.25, -0.2) is 0 Å². The Morgan fingerprint density at radius 2 is 2.08 bits per heavy atom. The van der Waals surface area contributed by atoms with Crippen LogP contribution in [0.5, 0.6) is 11.5 Å². The van der Waals surface area contributed by atoms with Gasteiger partial charge in [-0.2, -0.15) is 0 Å². The maximum atomic E-state index is 12.9. The van der Waals surface area contributed by atoms with Gasteiger partial charge in [-0.3, -0.25) is 4.79 Å². The molecule has 1 saturated heterocycles. The van der Waals surface area contributed by atoms with Crippen molar-refractivity contribution in [2.75, 3.05) is 13.2 Å². The van der Waals surface area contributed by atoms with Gasteiger partial charge in [-0.15, -0.1) is 0 Å². The van der Waals surface area contributed by atoms with Crippen molar-refractivity contribution in [1.82, 2.24) is 5.32 Å². The van der Waals surface area contributed by atoms with Crippen LogP contribution in [0.1, 0.15) is 49.0 Å². The Labute approximate surface area is 154 Å². The Morgan fingerprint density at radius 3 is 2.85 bits per heavy atom. The van der Waals surface area contributed by atoms with Crippen LogP contribution >= 0.6 is 0 Å². The summed E-state index contributed by atoms with van der Waals surface area (Å²) in [6.45, 7) is 5.87. The summed E-state index contributed by atoms with van der Waals surface area (Å²) in [6.07, 6.45) is 3.32. The molecule has 0 bridgehead atoms. The molecule has 2 aromatic rings. The van der Waals surface area contributed by atoms with Crippen LogP contribution in [0.4, 0.5) is 0 Å². The summed E-state index contributed by atoms with van der Waals surface area (Å²) in [5.41, 5.74) is 3.28. The van der Waals surface area contributed by atoms with E-state index < -0.39 is 0 Å². The minimum atomic E-state index is 0.0500. The topological polar surface area (TPSA) is 47.6 Å². The van der Waals surface area contributed by atoms with Crippen LogP contribution in [0.2, 0.25) is 0 Å². The van der Waals surface area contributed by atoms with E-state index in [4.69, 9.17) is 9.47 Å². The molecule has 1 heterocycles. The van der Waals surface area contributed by atoms with E-state index in [1.165, 1.54) is 6.42 Å². The molecule has 1 aliphatic carbocycles. The molecule has 136 valence electrons. The lowest BCUT2D eigenvalue weighted by atomic mass is 10.0. The van der Waals surface area contributed by atoms with Crippen LogP contribution in [-0.4, -0.2) is 31.1 Å². The molecule has 2 atom stereocenters. The highest BCUT2D eigenvalue weighted by Crippen LogP contribution is 2.44. The van der Waals surface area contributed by atoms with Gasteiger partial charge >= 0.3 is 0 Å². The molecule has 4 heteroatoms. The second-order valence-electron chi connectivity index (χ2n) is 7.09. The van der Waals surface area contributed by atoms with E-state index >= 15 is 0 Å². The molecule has 0 saturated carbocycles. The van der Waals surface area contributed by atoms with Crippen molar-refractivity contribution in [3.8, 4) is 22.6 Å². The zero-order valence-electron chi connectivity index (χ0n) is 15.4. The molecule has 2 aliphatic rings. The van der Waals surface area contributed by atoms with E-state index in [-0.39, 0.29) is 11.9 Å². The van der Waals surface area contributed by atoms with E-state index in [9.17, 15) is 4.79 Å². The van der Waals surface area contributed by atoms with Crippen molar-refractivity contribution in [2.24, 2.45) is 0 Å². The normalized spacial score (nSPS) is 19.2. The van der Waals surface area contributed by atoms with E-state index in [0.29, 0.717) is 18.2 Å². The molecule has 1 fully saturated rings. The molecule has 2 aromatic carbocycles. The van der Waals surface area contributed by atoms with Gasteiger partial charge in [0.15, 0.2) is 5.78 Å². The first kappa shape index (κ1) is 17.1.